The fourth-order valence-electron chi connectivity index (χ4n) is 4.85. The zero-order chi connectivity index (χ0) is 11.0. The van der Waals surface area contributed by atoms with E-state index in [0.717, 1.165) is 42.7 Å². The lowest BCUT2D eigenvalue weighted by molar-refractivity contribution is -0.0353. The molecule has 0 spiro atoms. The quantitative estimate of drug-likeness (QED) is 0.694. The summed E-state index contributed by atoms with van der Waals surface area (Å²) in [6.45, 7) is 3.53. The molecule has 0 amide bonds. The fraction of sp³-hybridized carbons (Fsp3) is 1.00. The third kappa shape index (κ3) is 2.02. The molecule has 92 valence electrons. The van der Waals surface area contributed by atoms with Crippen molar-refractivity contribution in [1.29, 1.82) is 0 Å². The average Bonchev–Trinajstić information content (AvgIpc) is 2.26. The van der Waals surface area contributed by atoms with E-state index in [1.807, 2.05) is 7.05 Å². The van der Waals surface area contributed by atoms with Gasteiger partial charge in [-0.1, -0.05) is 0 Å². The van der Waals surface area contributed by atoms with Crippen LogP contribution in [0.15, 0.2) is 0 Å². The Hall–Kier alpha value is -0.0800. The molecule has 4 aliphatic rings. The Labute approximate surface area is 99.6 Å². The van der Waals surface area contributed by atoms with Gasteiger partial charge in [0.25, 0.3) is 0 Å². The van der Waals surface area contributed by atoms with E-state index in [9.17, 15) is 0 Å². The Kier molecular flexibility index (Phi) is 3.21. The van der Waals surface area contributed by atoms with Gasteiger partial charge in [0.1, 0.15) is 0 Å². The van der Waals surface area contributed by atoms with Crippen LogP contribution in [0.3, 0.4) is 0 Å². The highest BCUT2D eigenvalue weighted by Gasteiger charge is 2.47. The second kappa shape index (κ2) is 4.66. The van der Waals surface area contributed by atoms with Gasteiger partial charge in [0.15, 0.2) is 0 Å². The van der Waals surface area contributed by atoms with Crippen LogP contribution in [0.25, 0.3) is 0 Å². The molecule has 4 rings (SSSR count). The molecule has 4 aliphatic carbocycles. The van der Waals surface area contributed by atoms with Crippen LogP contribution >= 0.6 is 0 Å². The SMILES string of the molecule is CNCCNCC1C2CC3CC(C2)CC1C3. The highest BCUT2D eigenvalue weighted by atomic mass is 14.9. The Bertz CT molecular complexity index is 211. The Morgan fingerprint density at radius 3 is 2.06 bits per heavy atom. The third-order valence-corrected chi connectivity index (χ3v) is 5.35. The van der Waals surface area contributed by atoms with Gasteiger partial charge < -0.3 is 10.6 Å². The number of hydrogen-bond acceptors (Lipinski definition) is 2. The van der Waals surface area contributed by atoms with Crippen LogP contribution in [0.5, 0.6) is 0 Å². The van der Waals surface area contributed by atoms with E-state index in [1.54, 1.807) is 32.1 Å². The van der Waals surface area contributed by atoms with Crippen molar-refractivity contribution >= 4 is 0 Å². The van der Waals surface area contributed by atoms with Gasteiger partial charge in [-0.15, -0.1) is 0 Å². The minimum absolute atomic E-state index is 1.02. The van der Waals surface area contributed by atoms with Gasteiger partial charge in [-0.3, -0.25) is 0 Å². The van der Waals surface area contributed by atoms with E-state index in [1.165, 1.54) is 6.54 Å². The molecule has 2 heteroatoms. The summed E-state index contributed by atoms with van der Waals surface area (Å²) in [6.07, 6.45) is 7.82. The molecule has 16 heavy (non-hydrogen) atoms. The Balaban J connectivity index is 1.52. The van der Waals surface area contributed by atoms with Gasteiger partial charge in [0.05, 0.1) is 0 Å². The molecule has 0 heterocycles. The average molecular weight is 222 g/mol. The number of nitrogens with one attached hydrogen (secondary N) is 2. The zero-order valence-electron chi connectivity index (χ0n) is 10.5. The van der Waals surface area contributed by atoms with E-state index in [2.05, 4.69) is 10.6 Å². The van der Waals surface area contributed by atoms with Crippen molar-refractivity contribution in [3.8, 4) is 0 Å². The molecule has 0 aromatic carbocycles. The van der Waals surface area contributed by atoms with Gasteiger partial charge in [-0.05, 0) is 75.3 Å². The van der Waals surface area contributed by atoms with E-state index in [4.69, 9.17) is 0 Å². The molecule has 0 aromatic rings. The largest absolute Gasteiger partial charge is 0.318 e. The van der Waals surface area contributed by atoms with Crippen LogP contribution in [0.1, 0.15) is 32.1 Å². The summed E-state index contributed by atoms with van der Waals surface area (Å²) in [7, 11) is 2.03. The molecule has 2 nitrogen and oxygen atoms in total. The Morgan fingerprint density at radius 2 is 1.50 bits per heavy atom. The molecular weight excluding hydrogens is 196 g/mol. The highest BCUT2D eigenvalue weighted by molar-refractivity contribution is 4.98. The molecule has 0 aliphatic heterocycles. The molecule has 0 aromatic heterocycles. The molecule has 4 bridgehead atoms. The van der Waals surface area contributed by atoms with Crippen molar-refractivity contribution in [3.63, 3.8) is 0 Å². The maximum absolute atomic E-state index is 3.65. The van der Waals surface area contributed by atoms with Gasteiger partial charge in [0, 0.05) is 13.1 Å². The minimum atomic E-state index is 1.02. The van der Waals surface area contributed by atoms with Gasteiger partial charge in [0.2, 0.25) is 0 Å². The van der Waals surface area contributed by atoms with Crippen molar-refractivity contribution in [2.75, 3.05) is 26.7 Å². The summed E-state index contributed by atoms with van der Waals surface area (Å²) < 4.78 is 0. The van der Waals surface area contributed by atoms with Crippen molar-refractivity contribution in [1.82, 2.24) is 10.6 Å². The zero-order valence-corrected chi connectivity index (χ0v) is 10.5. The first-order chi connectivity index (χ1) is 7.86. The summed E-state index contributed by atoms with van der Waals surface area (Å²) >= 11 is 0. The van der Waals surface area contributed by atoms with E-state index < -0.39 is 0 Å². The standard InChI is InChI=1S/C14H26N2/c1-15-2-3-16-9-14-12-5-10-4-11(7-12)8-13(14)6-10/h10-16H,2-9H2,1H3. The predicted octanol–water partition coefficient (Wildman–Crippen LogP) is 1.87. The molecule has 0 saturated heterocycles. The first kappa shape index (κ1) is 11.0. The molecular formula is C14H26N2. The van der Waals surface area contributed by atoms with Crippen LogP contribution < -0.4 is 10.6 Å². The molecule has 2 N–H and O–H groups in total. The molecule has 0 radical (unpaired) electrons. The highest BCUT2D eigenvalue weighted by Crippen LogP contribution is 2.56. The lowest BCUT2D eigenvalue weighted by atomic mass is 9.52. The molecule has 4 fully saturated rings. The van der Waals surface area contributed by atoms with E-state index in [0.29, 0.717) is 0 Å². The van der Waals surface area contributed by atoms with Gasteiger partial charge in [-0.25, -0.2) is 0 Å². The van der Waals surface area contributed by atoms with Crippen LogP contribution in [0.2, 0.25) is 0 Å². The topological polar surface area (TPSA) is 24.1 Å². The maximum Gasteiger partial charge on any atom is 0.00767 e. The van der Waals surface area contributed by atoms with Crippen molar-refractivity contribution in [2.24, 2.45) is 29.6 Å². The van der Waals surface area contributed by atoms with Crippen molar-refractivity contribution in [2.45, 2.75) is 32.1 Å². The first-order valence-electron chi connectivity index (χ1n) is 7.22. The van der Waals surface area contributed by atoms with Crippen LogP contribution in [0, 0.1) is 29.6 Å². The predicted molar refractivity (Wildman–Crippen MR) is 67.3 cm³/mol. The normalized spacial score (nSPS) is 45.2. The second-order valence-electron chi connectivity index (χ2n) is 6.40. The van der Waals surface area contributed by atoms with E-state index in [-0.39, 0.29) is 0 Å². The summed E-state index contributed by atoms with van der Waals surface area (Å²) in [6, 6.07) is 0. The summed E-state index contributed by atoms with van der Waals surface area (Å²) in [5, 5.41) is 6.86. The lowest BCUT2D eigenvalue weighted by Crippen LogP contribution is -2.48. The summed E-state index contributed by atoms with van der Waals surface area (Å²) in [5.74, 6) is 5.42. The second-order valence-corrected chi connectivity index (χ2v) is 6.40. The Morgan fingerprint density at radius 1 is 0.875 bits per heavy atom. The first-order valence-corrected chi connectivity index (χ1v) is 7.22. The van der Waals surface area contributed by atoms with Crippen LogP contribution in [-0.4, -0.2) is 26.7 Å². The summed E-state index contributed by atoms with van der Waals surface area (Å²) in [4.78, 5) is 0. The van der Waals surface area contributed by atoms with Crippen LogP contribution in [0.4, 0.5) is 0 Å². The number of likely N-dealkylation sites (N-methyl/N-ethyl adjacent to an activating group) is 1. The van der Waals surface area contributed by atoms with Crippen molar-refractivity contribution < 1.29 is 0 Å². The van der Waals surface area contributed by atoms with Crippen molar-refractivity contribution in [3.05, 3.63) is 0 Å². The molecule has 0 atom stereocenters. The van der Waals surface area contributed by atoms with Gasteiger partial charge in [-0.2, -0.15) is 0 Å². The number of hydrogen-bond donors (Lipinski definition) is 2. The molecule has 4 saturated carbocycles. The molecule has 0 unspecified atom stereocenters. The minimum Gasteiger partial charge on any atom is -0.318 e. The maximum atomic E-state index is 3.65. The number of rotatable bonds is 5. The smallest absolute Gasteiger partial charge is 0.00767 e. The third-order valence-electron chi connectivity index (χ3n) is 5.35. The monoisotopic (exact) mass is 222 g/mol. The van der Waals surface area contributed by atoms with Crippen LogP contribution in [-0.2, 0) is 0 Å². The van der Waals surface area contributed by atoms with E-state index >= 15 is 0 Å². The lowest BCUT2D eigenvalue weighted by Gasteiger charge is -2.54. The van der Waals surface area contributed by atoms with Gasteiger partial charge >= 0.3 is 0 Å². The summed E-state index contributed by atoms with van der Waals surface area (Å²) in [5.41, 5.74) is 0. The fourth-order valence-corrected chi connectivity index (χ4v) is 4.85.